The predicted octanol–water partition coefficient (Wildman–Crippen LogP) is 2.79. The lowest BCUT2D eigenvalue weighted by Crippen LogP contribution is -2.34. The van der Waals surface area contributed by atoms with E-state index in [1.165, 1.54) is 0 Å². The van der Waals surface area contributed by atoms with E-state index in [9.17, 15) is 4.79 Å². The number of nitrogens with two attached hydrogens (primary N) is 1. The van der Waals surface area contributed by atoms with Crippen LogP contribution < -0.4 is 5.73 Å². The quantitative estimate of drug-likeness (QED) is 0.782. The van der Waals surface area contributed by atoms with Gasteiger partial charge in [-0.1, -0.05) is 24.6 Å². The average Bonchev–Trinajstić information content (AvgIpc) is 2.61. The van der Waals surface area contributed by atoms with Gasteiger partial charge in [-0.05, 0) is 31.4 Å². The van der Waals surface area contributed by atoms with Crippen molar-refractivity contribution in [3.8, 4) is 0 Å². The maximum absolute atomic E-state index is 12.4. The van der Waals surface area contributed by atoms with Gasteiger partial charge in [-0.15, -0.1) is 0 Å². The highest BCUT2D eigenvalue weighted by Gasteiger charge is 2.31. The molecule has 92 valence electrons. The molecular weight excluding hydrogens is 236 g/mol. The van der Waals surface area contributed by atoms with Gasteiger partial charge in [0.1, 0.15) is 0 Å². The molecule has 3 nitrogen and oxygen atoms in total. The monoisotopic (exact) mass is 252 g/mol. The van der Waals surface area contributed by atoms with Crippen molar-refractivity contribution in [3.05, 3.63) is 28.8 Å². The van der Waals surface area contributed by atoms with E-state index < -0.39 is 0 Å². The lowest BCUT2D eigenvalue weighted by Gasteiger charge is -2.22. The van der Waals surface area contributed by atoms with Crippen molar-refractivity contribution < 1.29 is 4.79 Å². The largest absolute Gasteiger partial charge is 0.398 e. The first-order chi connectivity index (χ1) is 8.00. The van der Waals surface area contributed by atoms with Crippen molar-refractivity contribution in [2.75, 3.05) is 12.3 Å². The van der Waals surface area contributed by atoms with Crippen LogP contribution in [0, 0.1) is 5.92 Å². The van der Waals surface area contributed by atoms with Crippen LogP contribution in [0.15, 0.2) is 18.2 Å². The molecule has 0 spiro atoms. The Morgan fingerprint density at radius 1 is 1.47 bits per heavy atom. The Labute approximate surface area is 107 Å². The van der Waals surface area contributed by atoms with E-state index in [-0.39, 0.29) is 11.9 Å². The summed E-state index contributed by atoms with van der Waals surface area (Å²) in [7, 11) is 0. The molecule has 1 aromatic rings. The van der Waals surface area contributed by atoms with Gasteiger partial charge in [0.2, 0.25) is 0 Å². The first-order valence-corrected chi connectivity index (χ1v) is 6.23. The third-order valence-electron chi connectivity index (χ3n) is 3.30. The molecule has 4 heteroatoms. The van der Waals surface area contributed by atoms with Crippen LogP contribution in [0.4, 0.5) is 5.69 Å². The summed E-state index contributed by atoms with van der Waals surface area (Å²) in [6.07, 6.45) is 1.05. The van der Waals surface area contributed by atoms with E-state index in [0.29, 0.717) is 22.2 Å². The number of hydrogen-bond donors (Lipinski definition) is 1. The number of likely N-dealkylation sites (tertiary alicyclic amines) is 1. The topological polar surface area (TPSA) is 46.3 Å². The van der Waals surface area contributed by atoms with Gasteiger partial charge < -0.3 is 10.6 Å². The molecule has 17 heavy (non-hydrogen) atoms. The Balaban J connectivity index is 2.29. The number of carbonyl (C=O) groups excluding carboxylic acids is 1. The summed E-state index contributed by atoms with van der Waals surface area (Å²) in [5, 5.41) is 0.365. The van der Waals surface area contributed by atoms with Crippen LogP contribution in [0.2, 0.25) is 5.02 Å². The number of rotatable bonds is 1. The Bertz CT molecular complexity index is 447. The van der Waals surface area contributed by atoms with Gasteiger partial charge in [0.05, 0.1) is 16.3 Å². The molecule has 1 aromatic carbocycles. The fourth-order valence-electron chi connectivity index (χ4n) is 2.45. The number of carbonyl (C=O) groups is 1. The molecule has 2 rings (SSSR count). The zero-order valence-electron chi connectivity index (χ0n) is 10.1. The highest BCUT2D eigenvalue weighted by Crippen LogP contribution is 2.29. The van der Waals surface area contributed by atoms with Crippen LogP contribution in [0.1, 0.15) is 30.6 Å². The average molecular weight is 253 g/mol. The van der Waals surface area contributed by atoms with Crippen molar-refractivity contribution >= 4 is 23.2 Å². The molecule has 2 atom stereocenters. The first-order valence-electron chi connectivity index (χ1n) is 5.85. The predicted molar refractivity (Wildman–Crippen MR) is 70.1 cm³/mol. The maximum Gasteiger partial charge on any atom is 0.255 e. The minimum Gasteiger partial charge on any atom is -0.398 e. The standard InChI is InChI=1S/C13H17ClN2O/c1-8-6-9(2)16(7-8)13(17)10-4-3-5-11(15)12(10)14/h3-5,8-9H,6-7,15H2,1-2H3. The number of halogens is 1. The number of anilines is 1. The lowest BCUT2D eigenvalue weighted by molar-refractivity contribution is 0.0744. The van der Waals surface area contributed by atoms with E-state index in [2.05, 4.69) is 13.8 Å². The second-order valence-corrected chi connectivity index (χ2v) is 5.23. The number of nitrogen functional groups attached to an aromatic ring is 1. The normalized spacial score (nSPS) is 24.1. The fourth-order valence-corrected chi connectivity index (χ4v) is 2.66. The molecule has 0 aliphatic carbocycles. The molecular formula is C13H17ClN2O. The molecule has 0 bridgehead atoms. The molecule has 0 radical (unpaired) electrons. The summed E-state index contributed by atoms with van der Waals surface area (Å²) < 4.78 is 0. The van der Waals surface area contributed by atoms with E-state index in [0.717, 1.165) is 13.0 Å². The summed E-state index contributed by atoms with van der Waals surface area (Å²) in [5.74, 6) is 0.535. The number of hydrogen-bond acceptors (Lipinski definition) is 2. The Morgan fingerprint density at radius 2 is 2.18 bits per heavy atom. The number of amides is 1. The minimum absolute atomic E-state index is 0.0147. The Kier molecular flexibility index (Phi) is 3.29. The maximum atomic E-state index is 12.4. The van der Waals surface area contributed by atoms with Gasteiger partial charge in [0, 0.05) is 12.6 Å². The van der Waals surface area contributed by atoms with Crippen molar-refractivity contribution in [2.45, 2.75) is 26.3 Å². The van der Waals surface area contributed by atoms with E-state index in [1.807, 2.05) is 4.90 Å². The second-order valence-electron chi connectivity index (χ2n) is 4.86. The molecule has 1 heterocycles. The summed E-state index contributed by atoms with van der Waals surface area (Å²) in [5.41, 5.74) is 6.68. The second kappa shape index (κ2) is 4.57. The first kappa shape index (κ1) is 12.2. The summed E-state index contributed by atoms with van der Waals surface area (Å²) in [6.45, 7) is 5.03. The third-order valence-corrected chi connectivity index (χ3v) is 3.73. The Hall–Kier alpha value is -1.22. The van der Waals surface area contributed by atoms with Gasteiger partial charge in [-0.2, -0.15) is 0 Å². The molecule has 1 aliphatic heterocycles. The highest BCUT2D eigenvalue weighted by molar-refractivity contribution is 6.36. The van der Waals surface area contributed by atoms with Gasteiger partial charge >= 0.3 is 0 Å². The lowest BCUT2D eigenvalue weighted by atomic mass is 10.1. The van der Waals surface area contributed by atoms with Crippen LogP contribution in [0.5, 0.6) is 0 Å². The number of nitrogens with zero attached hydrogens (tertiary/aromatic N) is 1. The molecule has 0 saturated carbocycles. The summed E-state index contributed by atoms with van der Waals surface area (Å²) in [4.78, 5) is 14.2. The van der Waals surface area contributed by atoms with Crippen LogP contribution in [-0.4, -0.2) is 23.4 Å². The van der Waals surface area contributed by atoms with E-state index >= 15 is 0 Å². The van der Waals surface area contributed by atoms with Gasteiger partial charge in [0.15, 0.2) is 0 Å². The fraction of sp³-hybridized carbons (Fsp3) is 0.462. The van der Waals surface area contributed by atoms with E-state index in [4.69, 9.17) is 17.3 Å². The Morgan fingerprint density at radius 3 is 2.76 bits per heavy atom. The SMILES string of the molecule is CC1CC(C)N(C(=O)c2cccc(N)c2Cl)C1. The molecule has 1 saturated heterocycles. The zero-order chi connectivity index (χ0) is 12.6. The van der Waals surface area contributed by atoms with Crippen LogP contribution >= 0.6 is 11.6 Å². The van der Waals surface area contributed by atoms with Crippen molar-refractivity contribution in [2.24, 2.45) is 5.92 Å². The van der Waals surface area contributed by atoms with Crippen LogP contribution in [0.3, 0.4) is 0 Å². The summed E-state index contributed by atoms with van der Waals surface area (Å²) in [6, 6.07) is 5.47. The minimum atomic E-state index is -0.0147. The highest BCUT2D eigenvalue weighted by atomic mass is 35.5. The molecule has 1 fully saturated rings. The van der Waals surface area contributed by atoms with Crippen molar-refractivity contribution in [1.82, 2.24) is 4.90 Å². The molecule has 1 amide bonds. The molecule has 2 unspecified atom stereocenters. The van der Waals surface area contributed by atoms with Gasteiger partial charge in [-0.3, -0.25) is 4.79 Å². The number of benzene rings is 1. The smallest absolute Gasteiger partial charge is 0.255 e. The molecule has 2 N–H and O–H groups in total. The van der Waals surface area contributed by atoms with Crippen LogP contribution in [-0.2, 0) is 0 Å². The third kappa shape index (κ3) is 2.25. The summed E-state index contributed by atoms with van der Waals surface area (Å²) >= 11 is 6.08. The van der Waals surface area contributed by atoms with Crippen LogP contribution in [0.25, 0.3) is 0 Å². The van der Waals surface area contributed by atoms with E-state index in [1.54, 1.807) is 18.2 Å². The molecule has 1 aliphatic rings. The zero-order valence-corrected chi connectivity index (χ0v) is 10.9. The van der Waals surface area contributed by atoms with Crippen molar-refractivity contribution in [1.29, 1.82) is 0 Å². The van der Waals surface area contributed by atoms with Gasteiger partial charge in [-0.25, -0.2) is 0 Å². The van der Waals surface area contributed by atoms with Gasteiger partial charge in [0.25, 0.3) is 5.91 Å². The van der Waals surface area contributed by atoms with Crippen molar-refractivity contribution in [3.63, 3.8) is 0 Å². The molecule has 0 aromatic heterocycles.